The maximum atomic E-state index is 9.08. The smallest absolute Gasteiger partial charge is 0.0806 e. The highest BCUT2D eigenvalue weighted by Gasteiger charge is 2.05. The lowest BCUT2D eigenvalue weighted by atomic mass is 10.1. The first-order valence-electron chi connectivity index (χ1n) is 3.17. The summed E-state index contributed by atoms with van der Waals surface area (Å²) in [6.07, 6.45) is -0.814. The van der Waals surface area contributed by atoms with Gasteiger partial charge in [0.05, 0.1) is 6.10 Å². The zero-order valence-electron chi connectivity index (χ0n) is 5.92. The normalized spacial score (nSPS) is 13.0. The summed E-state index contributed by atoms with van der Waals surface area (Å²) in [6, 6.07) is 4.93. The Bertz CT molecular complexity index is 260. The number of aliphatic hydroxyl groups excluding tert-OH is 1. The molecule has 2 nitrogen and oxygen atoms in total. The molecule has 0 saturated heterocycles. The fourth-order valence-electron chi connectivity index (χ4n) is 0.818. The van der Waals surface area contributed by atoms with Crippen molar-refractivity contribution in [2.24, 2.45) is 0 Å². The van der Waals surface area contributed by atoms with Gasteiger partial charge in [0.2, 0.25) is 0 Å². The lowest BCUT2D eigenvalue weighted by Crippen LogP contribution is -1.94. The summed E-state index contributed by atoms with van der Waals surface area (Å²) in [6.45, 7) is 3.43. The number of benzene rings is 1. The molecule has 59 valence electrons. The van der Waals surface area contributed by atoms with E-state index in [0.717, 1.165) is 0 Å². The minimum absolute atomic E-state index is 0.488. The van der Waals surface area contributed by atoms with Gasteiger partial charge in [0.1, 0.15) is 0 Å². The van der Waals surface area contributed by atoms with E-state index in [4.69, 9.17) is 22.4 Å². The molecule has 1 unspecified atom stereocenters. The van der Waals surface area contributed by atoms with Crippen molar-refractivity contribution in [2.75, 3.05) is 5.73 Å². The number of hydrogen-bond donors (Lipinski definition) is 2. The van der Waals surface area contributed by atoms with Gasteiger partial charge in [-0.1, -0.05) is 11.6 Å². The molecule has 0 aliphatic carbocycles. The van der Waals surface area contributed by atoms with Crippen LogP contribution in [0.2, 0.25) is 5.02 Å². The molecule has 0 heterocycles. The van der Waals surface area contributed by atoms with E-state index in [1.807, 2.05) is 0 Å². The summed E-state index contributed by atoms with van der Waals surface area (Å²) in [7, 11) is 0. The third kappa shape index (κ3) is 1.85. The van der Waals surface area contributed by atoms with Gasteiger partial charge < -0.3 is 10.8 Å². The zero-order chi connectivity index (χ0) is 8.43. The van der Waals surface area contributed by atoms with Crippen molar-refractivity contribution in [2.45, 2.75) is 6.10 Å². The molecule has 11 heavy (non-hydrogen) atoms. The molecule has 0 bridgehead atoms. The van der Waals surface area contributed by atoms with Crippen LogP contribution < -0.4 is 5.73 Å². The molecule has 1 radical (unpaired) electrons. The summed E-state index contributed by atoms with van der Waals surface area (Å²) >= 11 is 5.74. The van der Waals surface area contributed by atoms with Crippen molar-refractivity contribution >= 4 is 17.3 Å². The van der Waals surface area contributed by atoms with Gasteiger partial charge in [-0.15, -0.1) is 0 Å². The number of nitrogens with two attached hydrogens (primary N) is 1. The first-order chi connectivity index (χ1) is 5.11. The van der Waals surface area contributed by atoms with Gasteiger partial charge >= 0.3 is 0 Å². The Labute approximate surface area is 70.6 Å². The Morgan fingerprint density at radius 3 is 2.64 bits per heavy atom. The fraction of sp³-hybridized carbons (Fsp3) is 0.125. The third-order valence-electron chi connectivity index (χ3n) is 1.38. The molecule has 0 spiro atoms. The first-order valence-corrected chi connectivity index (χ1v) is 3.55. The van der Waals surface area contributed by atoms with Gasteiger partial charge in [0.15, 0.2) is 0 Å². The van der Waals surface area contributed by atoms with E-state index in [-0.39, 0.29) is 0 Å². The van der Waals surface area contributed by atoms with Crippen LogP contribution in [-0.4, -0.2) is 5.11 Å². The summed E-state index contributed by atoms with van der Waals surface area (Å²) in [5, 5.41) is 9.57. The topological polar surface area (TPSA) is 46.2 Å². The molecule has 0 saturated carbocycles. The van der Waals surface area contributed by atoms with Crippen LogP contribution in [0.3, 0.4) is 0 Å². The predicted molar refractivity (Wildman–Crippen MR) is 46.2 cm³/mol. The highest BCUT2D eigenvalue weighted by molar-refractivity contribution is 6.31. The van der Waals surface area contributed by atoms with Crippen molar-refractivity contribution in [3.8, 4) is 0 Å². The molecule has 1 aromatic rings. The molecule has 1 aromatic carbocycles. The maximum Gasteiger partial charge on any atom is 0.0806 e. The zero-order valence-corrected chi connectivity index (χ0v) is 6.67. The summed E-state index contributed by atoms with van der Waals surface area (Å²) in [5.41, 5.74) is 6.61. The third-order valence-corrected chi connectivity index (χ3v) is 1.72. The number of hydrogen-bond acceptors (Lipinski definition) is 2. The van der Waals surface area contributed by atoms with Crippen LogP contribution in [0.15, 0.2) is 18.2 Å². The minimum Gasteiger partial charge on any atom is -0.399 e. The van der Waals surface area contributed by atoms with Gasteiger partial charge in [-0.3, -0.25) is 0 Å². The van der Waals surface area contributed by atoms with E-state index in [9.17, 15) is 0 Å². The highest BCUT2D eigenvalue weighted by atomic mass is 35.5. The van der Waals surface area contributed by atoms with Crippen molar-refractivity contribution < 1.29 is 5.11 Å². The second-order valence-electron chi connectivity index (χ2n) is 2.30. The molecule has 0 aliphatic heterocycles. The first kappa shape index (κ1) is 8.37. The van der Waals surface area contributed by atoms with Crippen LogP contribution >= 0.6 is 11.6 Å². The number of rotatable bonds is 1. The van der Waals surface area contributed by atoms with Gasteiger partial charge in [0.25, 0.3) is 0 Å². The van der Waals surface area contributed by atoms with Gasteiger partial charge in [-0.2, -0.15) is 0 Å². The molecule has 0 aliphatic rings. The minimum atomic E-state index is -0.814. The number of aliphatic hydroxyl groups is 1. The maximum absolute atomic E-state index is 9.08. The van der Waals surface area contributed by atoms with E-state index in [2.05, 4.69) is 6.92 Å². The van der Waals surface area contributed by atoms with Crippen LogP contribution in [0.5, 0.6) is 0 Å². The van der Waals surface area contributed by atoms with Crippen LogP contribution in [0.1, 0.15) is 11.7 Å². The Hall–Kier alpha value is -0.730. The fourth-order valence-corrected chi connectivity index (χ4v) is 1.06. The largest absolute Gasteiger partial charge is 0.399 e. The quantitative estimate of drug-likeness (QED) is 0.632. The molecule has 1 atom stereocenters. The van der Waals surface area contributed by atoms with E-state index < -0.39 is 6.10 Å². The predicted octanol–water partition coefficient (Wildman–Crippen LogP) is 1.79. The summed E-state index contributed by atoms with van der Waals surface area (Å²) in [5.74, 6) is 0. The number of nitrogen functional groups attached to an aromatic ring is 1. The Morgan fingerprint density at radius 2 is 2.18 bits per heavy atom. The van der Waals surface area contributed by atoms with Gasteiger partial charge in [0, 0.05) is 16.3 Å². The highest BCUT2D eigenvalue weighted by Crippen LogP contribution is 2.24. The van der Waals surface area contributed by atoms with Crippen LogP contribution in [0.4, 0.5) is 5.69 Å². The molecule has 3 N–H and O–H groups in total. The van der Waals surface area contributed by atoms with Gasteiger partial charge in [-0.05, 0) is 25.1 Å². The Balaban J connectivity index is 3.13. The van der Waals surface area contributed by atoms with E-state index in [1.54, 1.807) is 18.2 Å². The standard InChI is InChI=1S/C8H9ClNO/c1-5(11)7-4-6(10)2-3-8(7)9/h2-5,11H,1,10H2. The van der Waals surface area contributed by atoms with Gasteiger partial charge in [-0.25, -0.2) is 0 Å². The average molecular weight is 171 g/mol. The van der Waals surface area contributed by atoms with Crippen molar-refractivity contribution in [1.82, 2.24) is 0 Å². The van der Waals surface area contributed by atoms with Crippen molar-refractivity contribution in [3.05, 3.63) is 35.7 Å². The van der Waals surface area contributed by atoms with Crippen LogP contribution in [-0.2, 0) is 0 Å². The molecule has 0 aromatic heterocycles. The van der Waals surface area contributed by atoms with Crippen molar-refractivity contribution in [1.29, 1.82) is 0 Å². The molecular formula is C8H9ClNO. The number of anilines is 1. The lowest BCUT2D eigenvalue weighted by Gasteiger charge is -2.06. The Morgan fingerprint density at radius 1 is 1.55 bits per heavy atom. The molecule has 1 rings (SSSR count). The number of halogens is 1. The average Bonchev–Trinajstić information content (AvgIpc) is 1.94. The van der Waals surface area contributed by atoms with Crippen molar-refractivity contribution in [3.63, 3.8) is 0 Å². The molecular weight excluding hydrogens is 162 g/mol. The molecule has 0 amide bonds. The lowest BCUT2D eigenvalue weighted by molar-refractivity contribution is 0.226. The molecule has 3 heteroatoms. The van der Waals surface area contributed by atoms with Crippen LogP contribution in [0, 0.1) is 6.92 Å². The van der Waals surface area contributed by atoms with E-state index in [1.165, 1.54) is 0 Å². The summed E-state index contributed by atoms with van der Waals surface area (Å²) < 4.78 is 0. The second kappa shape index (κ2) is 3.11. The SMILES string of the molecule is [CH2]C(O)c1cc(N)ccc1Cl. The monoisotopic (exact) mass is 170 g/mol. The van der Waals surface area contributed by atoms with Crippen LogP contribution in [0.25, 0.3) is 0 Å². The summed E-state index contributed by atoms with van der Waals surface area (Å²) in [4.78, 5) is 0. The van der Waals surface area contributed by atoms with E-state index in [0.29, 0.717) is 16.3 Å². The second-order valence-corrected chi connectivity index (χ2v) is 2.70. The Kier molecular flexibility index (Phi) is 2.37. The van der Waals surface area contributed by atoms with E-state index >= 15 is 0 Å². The molecule has 0 fully saturated rings.